The summed E-state index contributed by atoms with van der Waals surface area (Å²) in [6.45, 7) is -0.230. The smallest absolute Gasteiger partial charge is 0.341 e. The van der Waals surface area contributed by atoms with Gasteiger partial charge >= 0.3 is 5.97 Å². The number of nitrogens with two attached hydrogens (primary N) is 2. The molecule has 19 heavy (non-hydrogen) atoms. The lowest BCUT2D eigenvalue weighted by molar-refractivity contribution is 0.0513. The van der Waals surface area contributed by atoms with Crippen LogP contribution in [0.4, 0.5) is 5.69 Å². The van der Waals surface area contributed by atoms with Gasteiger partial charge in [-0.3, -0.25) is 10.5 Å². The first-order valence-corrected chi connectivity index (χ1v) is 8.15. The minimum atomic E-state index is -0.593. The summed E-state index contributed by atoms with van der Waals surface area (Å²) in [6, 6.07) is 0. The van der Waals surface area contributed by atoms with Crippen molar-refractivity contribution in [1.82, 2.24) is 5.32 Å². The minimum absolute atomic E-state index is 0.230. The topological polar surface area (TPSA) is 107 Å². The van der Waals surface area contributed by atoms with E-state index in [1.165, 1.54) is 7.05 Å². The molecule has 9 heteroatoms. The number of benzene rings is 1. The maximum absolute atomic E-state index is 11.9. The van der Waals surface area contributed by atoms with E-state index in [4.69, 9.17) is 16.2 Å². The number of carbonyl (C=O) groups excluding carboxylic acids is 2. The van der Waals surface area contributed by atoms with Crippen LogP contribution in [0.3, 0.4) is 0 Å². The molecule has 1 aromatic carbocycles. The van der Waals surface area contributed by atoms with E-state index in [-0.39, 0.29) is 18.2 Å². The van der Waals surface area contributed by atoms with Crippen molar-refractivity contribution in [3.63, 3.8) is 0 Å². The number of anilines is 1. The molecule has 1 aromatic rings. The van der Waals surface area contributed by atoms with Crippen molar-refractivity contribution in [2.75, 3.05) is 19.5 Å². The number of hydrogen-bond donors (Lipinski definition) is 3. The van der Waals surface area contributed by atoms with Crippen LogP contribution in [0.2, 0.25) is 0 Å². The van der Waals surface area contributed by atoms with Crippen molar-refractivity contribution in [2.24, 2.45) is 5.73 Å². The fraction of sp³-hybridized carbons (Fsp3) is 0.200. The highest BCUT2D eigenvalue weighted by molar-refractivity contribution is 14.1. The molecule has 0 aliphatic rings. The second kappa shape index (κ2) is 7.21. The van der Waals surface area contributed by atoms with Gasteiger partial charge in [0.2, 0.25) is 0 Å². The molecule has 0 radical (unpaired) electrons. The summed E-state index contributed by atoms with van der Waals surface area (Å²) in [6.07, 6.45) is 0. The molecule has 0 unspecified atom stereocenters. The van der Waals surface area contributed by atoms with Crippen LogP contribution in [0.25, 0.3) is 0 Å². The predicted octanol–water partition coefficient (Wildman–Crippen LogP) is 1.52. The molecule has 104 valence electrons. The number of ether oxygens (including phenoxy) is 1. The second-order valence-electron chi connectivity index (χ2n) is 3.28. The van der Waals surface area contributed by atoms with Gasteiger partial charge in [-0.25, -0.2) is 4.79 Å². The Morgan fingerprint density at radius 2 is 1.68 bits per heavy atom. The van der Waals surface area contributed by atoms with Gasteiger partial charge in [-0.15, -0.1) is 0 Å². The average Bonchev–Trinajstić information content (AvgIpc) is 2.36. The van der Waals surface area contributed by atoms with E-state index in [0.717, 1.165) is 0 Å². The Morgan fingerprint density at radius 1 is 1.16 bits per heavy atom. The molecular formula is C10H10I3N3O3. The predicted molar refractivity (Wildman–Crippen MR) is 96.9 cm³/mol. The Kier molecular flexibility index (Phi) is 6.52. The van der Waals surface area contributed by atoms with Crippen molar-refractivity contribution in [3.05, 3.63) is 21.8 Å². The van der Waals surface area contributed by atoms with Gasteiger partial charge in [0.05, 0.1) is 24.0 Å². The number of amides is 1. The molecule has 0 atom stereocenters. The summed E-state index contributed by atoms with van der Waals surface area (Å²) in [5.74, 6) is -0.900. The third-order valence-electron chi connectivity index (χ3n) is 2.22. The van der Waals surface area contributed by atoms with E-state index in [2.05, 4.69) is 5.32 Å². The van der Waals surface area contributed by atoms with Crippen molar-refractivity contribution < 1.29 is 14.3 Å². The Morgan fingerprint density at radius 3 is 2.16 bits per heavy atom. The van der Waals surface area contributed by atoms with Gasteiger partial charge in [0.15, 0.2) is 0 Å². The van der Waals surface area contributed by atoms with Crippen LogP contribution >= 0.6 is 67.8 Å². The van der Waals surface area contributed by atoms with Gasteiger partial charge in [-0.05, 0) is 67.8 Å². The summed E-state index contributed by atoms with van der Waals surface area (Å²) in [5, 5.41) is 2.52. The fourth-order valence-corrected chi connectivity index (χ4v) is 5.43. The van der Waals surface area contributed by atoms with Crippen molar-refractivity contribution >= 4 is 85.3 Å². The third-order valence-corrected chi connectivity index (χ3v) is 5.54. The molecule has 0 aliphatic heterocycles. The number of esters is 1. The normalized spacial score (nSPS) is 10.2. The quantitative estimate of drug-likeness (QED) is 0.211. The molecule has 0 bridgehead atoms. The van der Waals surface area contributed by atoms with Gasteiger partial charge in [-0.1, -0.05) is 0 Å². The van der Waals surface area contributed by atoms with Crippen LogP contribution < -0.4 is 16.8 Å². The number of nitrogen functional groups attached to an aromatic ring is 1. The van der Waals surface area contributed by atoms with Crippen molar-refractivity contribution in [1.29, 1.82) is 0 Å². The van der Waals surface area contributed by atoms with Crippen molar-refractivity contribution in [3.8, 4) is 0 Å². The maximum atomic E-state index is 11.9. The average molecular weight is 601 g/mol. The van der Waals surface area contributed by atoms with Crippen LogP contribution in [0.5, 0.6) is 0 Å². The van der Waals surface area contributed by atoms with Gasteiger partial charge in [0, 0.05) is 10.6 Å². The fourth-order valence-electron chi connectivity index (χ4n) is 1.33. The van der Waals surface area contributed by atoms with E-state index < -0.39 is 5.97 Å². The molecule has 0 aliphatic carbocycles. The van der Waals surface area contributed by atoms with E-state index in [0.29, 0.717) is 22.0 Å². The van der Waals surface area contributed by atoms with Crippen LogP contribution in [0.1, 0.15) is 20.7 Å². The van der Waals surface area contributed by atoms with E-state index >= 15 is 0 Å². The van der Waals surface area contributed by atoms with Crippen LogP contribution in [0.15, 0.2) is 0 Å². The van der Waals surface area contributed by atoms with Gasteiger partial charge in [-0.2, -0.15) is 0 Å². The Labute approximate surface area is 150 Å². The summed E-state index contributed by atoms with van der Waals surface area (Å²) in [5.41, 5.74) is 12.2. The second-order valence-corrected chi connectivity index (χ2v) is 6.52. The summed E-state index contributed by atoms with van der Waals surface area (Å²) < 4.78 is 6.45. The van der Waals surface area contributed by atoms with Gasteiger partial charge < -0.3 is 15.8 Å². The molecule has 0 aromatic heterocycles. The lowest BCUT2D eigenvalue weighted by Crippen LogP contribution is -2.24. The molecule has 0 saturated heterocycles. The van der Waals surface area contributed by atoms with E-state index in [1.807, 2.05) is 67.8 Å². The molecule has 0 spiro atoms. The highest BCUT2D eigenvalue weighted by Gasteiger charge is 2.26. The van der Waals surface area contributed by atoms with Gasteiger partial charge in [0.25, 0.3) is 5.91 Å². The third kappa shape index (κ3) is 3.41. The molecule has 6 nitrogen and oxygen atoms in total. The lowest BCUT2D eigenvalue weighted by Gasteiger charge is -2.15. The summed E-state index contributed by atoms with van der Waals surface area (Å²) in [7, 11) is 1.51. The van der Waals surface area contributed by atoms with E-state index in [1.54, 1.807) is 0 Å². The highest BCUT2D eigenvalue weighted by atomic mass is 127. The van der Waals surface area contributed by atoms with Crippen LogP contribution in [0, 0.1) is 10.7 Å². The lowest BCUT2D eigenvalue weighted by atomic mass is 10.1. The number of halogens is 3. The minimum Gasteiger partial charge on any atom is -0.446 e. The Hall–Kier alpha value is 0.110. The van der Waals surface area contributed by atoms with Crippen molar-refractivity contribution in [2.45, 2.75) is 0 Å². The molecule has 5 N–H and O–H groups in total. The molecule has 0 heterocycles. The highest BCUT2D eigenvalue weighted by Crippen LogP contribution is 2.34. The van der Waals surface area contributed by atoms with Crippen LogP contribution in [-0.2, 0) is 4.74 Å². The SMILES string of the molecule is CNC(=O)c1c(I)c(N)c(I)c(C(=O)OCN)c1I. The number of nitrogens with one attached hydrogen (secondary N) is 1. The Bertz CT molecular complexity index is 549. The van der Waals surface area contributed by atoms with E-state index in [9.17, 15) is 9.59 Å². The van der Waals surface area contributed by atoms with Gasteiger partial charge in [0.1, 0.15) is 6.73 Å². The zero-order valence-corrected chi connectivity index (χ0v) is 16.2. The van der Waals surface area contributed by atoms with Crippen LogP contribution in [-0.4, -0.2) is 25.7 Å². The first-order valence-electron chi connectivity index (χ1n) is 4.91. The molecule has 1 rings (SSSR count). The standard InChI is InChI=1S/C10H10I3N3O3/c1-16-9(17)3-5(11)4(10(18)19-2-14)7(13)8(15)6(3)12/h2,14-15H2,1H3,(H,16,17). The number of carbonyl (C=O) groups is 2. The largest absolute Gasteiger partial charge is 0.446 e. The maximum Gasteiger partial charge on any atom is 0.341 e. The Balaban J connectivity index is 3.61. The first kappa shape index (κ1) is 17.2. The first-order chi connectivity index (χ1) is 8.86. The molecular weight excluding hydrogens is 591 g/mol. The number of hydrogen-bond acceptors (Lipinski definition) is 5. The summed E-state index contributed by atoms with van der Waals surface area (Å²) >= 11 is 5.87. The zero-order chi connectivity index (χ0) is 14.7. The zero-order valence-electron chi connectivity index (χ0n) is 9.72. The molecule has 0 fully saturated rings. The molecule has 1 amide bonds. The number of rotatable bonds is 3. The summed E-state index contributed by atoms with van der Waals surface area (Å²) in [4.78, 5) is 23.8. The monoisotopic (exact) mass is 601 g/mol. The molecule has 0 saturated carbocycles.